The zero-order chi connectivity index (χ0) is 8.62. The number of hydrogen-bond donors (Lipinski definition) is 3. The monoisotopic (exact) mass is 214 g/mol. The summed E-state index contributed by atoms with van der Waals surface area (Å²) in [6, 6.07) is 0. The molecular formula is C4H15CaO5P. The molecule has 0 bridgehead atoms. The van der Waals surface area contributed by atoms with Crippen LogP contribution < -0.4 is 0 Å². The molecule has 0 heterocycles. The molecule has 0 aliphatic heterocycles. The Morgan fingerprint density at radius 2 is 1.36 bits per heavy atom. The van der Waals surface area contributed by atoms with Crippen molar-refractivity contribution < 1.29 is 24.0 Å². The maximum atomic E-state index is 8.88. The second-order valence-corrected chi connectivity index (χ2v) is 2.32. The van der Waals surface area contributed by atoms with E-state index in [1.165, 1.54) is 0 Å². The maximum absolute atomic E-state index is 8.88. The van der Waals surface area contributed by atoms with E-state index >= 15 is 0 Å². The first-order valence-electron chi connectivity index (χ1n) is 2.77. The molecule has 0 atom stereocenters. The van der Waals surface area contributed by atoms with Crippen LogP contribution in [0.2, 0.25) is 0 Å². The average molecular weight is 214 g/mol. The van der Waals surface area contributed by atoms with Gasteiger partial charge in [-0.1, -0.05) is 0 Å². The Morgan fingerprint density at radius 1 is 1.18 bits per heavy atom. The first-order chi connectivity index (χ1) is 4.41. The summed E-state index contributed by atoms with van der Waals surface area (Å²) < 4.78 is 13.7. The van der Waals surface area contributed by atoms with Crippen molar-refractivity contribution in [1.29, 1.82) is 0 Å². The second-order valence-electron chi connectivity index (χ2n) is 1.29. The van der Waals surface area contributed by atoms with Crippen LogP contribution in [0.5, 0.6) is 0 Å². The van der Waals surface area contributed by atoms with Crippen LogP contribution in [0.3, 0.4) is 0 Å². The summed E-state index contributed by atoms with van der Waals surface area (Å²) in [5, 5.41) is 0. The van der Waals surface area contributed by atoms with Crippen LogP contribution in [0.1, 0.15) is 13.8 Å². The van der Waals surface area contributed by atoms with Gasteiger partial charge in [-0.3, -0.25) is 0 Å². The van der Waals surface area contributed by atoms with Gasteiger partial charge in [0.05, 0.1) is 0 Å². The Morgan fingerprint density at radius 3 is 1.36 bits per heavy atom. The fourth-order valence-corrected chi connectivity index (χ4v) is 0.204. The molecule has 7 heteroatoms. The number of rotatable bonds is 2. The van der Waals surface area contributed by atoms with Crippen molar-refractivity contribution in [3.63, 3.8) is 0 Å². The predicted octanol–water partition coefficient (Wildman–Crippen LogP) is -0.802. The van der Waals surface area contributed by atoms with Crippen LogP contribution in [-0.2, 0) is 9.30 Å². The molecule has 0 rings (SSSR count). The van der Waals surface area contributed by atoms with Crippen LogP contribution in [0.15, 0.2) is 0 Å². The third-order valence-corrected chi connectivity index (χ3v) is 0.408. The van der Waals surface area contributed by atoms with Gasteiger partial charge in [-0.2, -0.15) is 0 Å². The molecule has 0 spiro atoms. The van der Waals surface area contributed by atoms with Crippen molar-refractivity contribution in [3.8, 4) is 0 Å². The van der Waals surface area contributed by atoms with Crippen LogP contribution in [0.4, 0.5) is 0 Å². The van der Waals surface area contributed by atoms with Gasteiger partial charge < -0.3 is 19.4 Å². The third-order valence-electron chi connectivity index (χ3n) is 0.408. The second kappa shape index (κ2) is 11.3. The molecule has 11 heavy (non-hydrogen) atoms. The summed E-state index contributed by atoms with van der Waals surface area (Å²) >= 11 is 0. The Kier molecular flexibility index (Phi) is 18.7. The Labute approximate surface area is 96.0 Å². The van der Waals surface area contributed by atoms with Gasteiger partial charge in [0.25, 0.3) is 0 Å². The van der Waals surface area contributed by atoms with Crippen LogP contribution >= 0.6 is 7.82 Å². The van der Waals surface area contributed by atoms with Gasteiger partial charge >= 0.3 is 45.6 Å². The van der Waals surface area contributed by atoms with E-state index in [-0.39, 0.29) is 37.7 Å². The Hall–Kier alpha value is 1.33. The Balaban J connectivity index is -0.000000107. The van der Waals surface area contributed by atoms with E-state index in [0.29, 0.717) is 0 Å². The summed E-state index contributed by atoms with van der Waals surface area (Å²) in [6.45, 7) is 5.67. The molecule has 3 N–H and O–H groups in total. The van der Waals surface area contributed by atoms with Crippen molar-refractivity contribution in [2.75, 3.05) is 13.2 Å². The van der Waals surface area contributed by atoms with Gasteiger partial charge in [0.1, 0.15) is 0 Å². The van der Waals surface area contributed by atoms with Gasteiger partial charge in [0.15, 0.2) is 0 Å². The fourth-order valence-electron chi connectivity index (χ4n) is 0.204. The molecule has 5 nitrogen and oxygen atoms in total. The summed E-state index contributed by atoms with van der Waals surface area (Å²) in [7, 11) is -4.64. The summed E-state index contributed by atoms with van der Waals surface area (Å²) in [5.74, 6) is 0. The Bertz CT molecular complexity index is 92.4. The number of phosphoric acid groups is 1. The fraction of sp³-hybridized carbons (Fsp3) is 1.00. The van der Waals surface area contributed by atoms with Gasteiger partial charge in [-0.15, -0.1) is 0 Å². The molecule has 0 amide bonds. The minimum absolute atomic E-state index is 0. The molecule has 0 aromatic rings. The molecule has 0 unspecified atom stereocenters. The summed E-state index contributed by atoms with van der Waals surface area (Å²) in [5.41, 5.74) is 0. The normalized spacial score (nSPS) is 9.18. The number of ether oxygens (including phenoxy) is 1. The first-order valence-corrected chi connectivity index (χ1v) is 4.34. The van der Waals surface area contributed by atoms with E-state index in [0.717, 1.165) is 13.2 Å². The van der Waals surface area contributed by atoms with E-state index in [4.69, 9.17) is 24.0 Å². The van der Waals surface area contributed by atoms with E-state index < -0.39 is 7.82 Å². The molecule has 0 saturated heterocycles. The molecule has 0 aliphatic carbocycles. The molecule has 0 aromatic carbocycles. The molecule has 0 fully saturated rings. The summed E-state index contributed by atoms with van der Waals surface area (Å²) in [4.78, 5) is 21.6. The zero-order valence-corrected chi connectivity index (χ0v) is 6.91. The minimum atomic E-state index is -4.64. The van der Waals surface area contributed by atoms with Gasteiger partial charge in [-0.05, 0) is 13.8 Å². The zero-order valence-electron chi connectivity index (χ0n) is 6.02. The van der Waals surface area contributed by atoms with Gasteiger partial charge in [-0.25, -0.2) is 4.57 Å². The van der Waals surface area contributed by atoms with Crippen molar-refractivity contribution in [2.24, 2.45) is 0 Å². The van der Waals surface area contributed by atoms with E-state index in [1.807, 2.05) is 13.8 Å². The molecule has 0 saturated carbocycles. The quantitative estimate of drug-likeness (QED) is 0.413. The number of hydrogen-bond acceptors (Lipinski definition) is 2. The molecule has 0 radical (unpaired) electrons. The topological polar surface area (TPSA) is 87.0 Å². The van der Waals surface area contributed by atoms with Crippen LogP contribution in [0, 0.1) is 0 Å². The molecule has 0 aliphatic rings. The van der Waals surface area contributed by atoms with Crippen molar-refractivity contribution in [2.45, 2.75) is 13.8 Å². The van der Waals surface area contributed by atoms with Crippen LogP contribution in [-0.4, -0.2) is 65.6 Å². The van der Waals surface area contributed by atoms with E-state index in [1.54, 1.807) is 0 Å². The van der Waals surface area contributed by atoms with Crippen molar-refractivity contribution in [3.05, 3.63) is 0 Å². The molecule has 68 valence electrons. The van der Waals surface area contributed by atoms with Crippen molar-refractivity contribution >= 4 is 45.6 Å². The molecule has 0 aromatic heterocycles. The van der Waals surface area contributed by atoms with Gasteiger partial charge in [0.2, 0.25) is 0 Å². The van der Waals surface area contributed by atoms with Crippen molar-refractivity contribution in [1.82, 2.24) is 0 Å². The van der Waals surface area contributed by atoms with E-state index in [9.17, 15) is 0 Å². The summed E-state index contributed by atoms with van der Waals surface area (Å²) in [6.07, 6.45) is 0. The SMILES string of the molecule is CCOCC.O=P(O)(O)O.[CaH2]. The van der Waals surface area contributed by atoms with Gasteiger partial charge in [0, 0.05) is 13.2 Å². The van der Waals surface area contributed by atoms with Crippen LogP contribution in [0.25, 0.3) is 0 Å². The standard InChI is InChI=1S/C4H10O.Ca.H3O4P.2H/c1-3-5-4-2;;1-5(2,3)4;;/h3-4H2,1-2H3;;(H3,1,2,3,4);;. The predicted molar refractivity (Wildman–Crippen MR) is 45.0 cm³/mol. The first kappa shape index (κ1) is 18.2. The third kappa shape index (κ3) is 88.9. The average Bonchev–Trinajstić information content (AvgIpc) is 1.63. The molecular weight excluding hydrogens is 199 g/mol. The van der Waals surface area contributed by atoms with E-state index in [2.05, 4.69) is 0 Å².